The van der Waals surface area contributed by atoms with Gasteiger partial charge in [0.05, 0.1) is 5.56 Å². The minimum atomic E-state index is -0.859. The second-order valence-corrected chi connectivity index (χ2v) is 7.29. The fourth-order valence-electron chi connectivity index (χ4n) is 2.92. The molecule has 4 rings (SSSR count). The summed E-state index contributed by atoms with van der Waals surface area (Å²) in [6.45, 7) is 1.93. The Morgan fingerprint density at radius 1 is 0.931 bits per heavy atom. The Morgan fingerprint density at radius 3 is 2.41 bits per heavy atom. The van der Waals surface area contributed by atoms with Crippen LogP contribution in [0, 0.1) is 0 Å². The van der Waals surface area contributed by atoms with Gasteiger partial charge >= 0.3 is 0 Å². The molecule has 1 atom stereocenters. The monoisotopic (exact) mass is 425 g/mol. The summed E-state index contributed by atoms with van der Waals surface area (Å²) < 4.78 is 0. The maximum Gasteiger partial charge on any atom is 0.224 e. The number of aromatic nitrogens is 5. The molecule has 9 heteroatoms. The van der Waals surface area contributed by atoms with Gasteiger partial charge in [-0.2, -0.15) is 0 Å². The third kappa shape index (κ3) is 4.31. The van der Waals surface area contributed by atoms with E-state index >= 15 is 0 Å². The predicted octanol–water partition coefficient (Wildman–Crippen LogP) is 4.97. The van der Waals surface area contributed by atoms with Crippen molar-refractivity contribution in [3.05, 3.63) is 83.0 Å². The van der Waals surface area contributed by atoms with Crippen LogP contribution in [0.5, 0.6) is 0 Å². The Kier molecular flexibility index (Phi) is 5.33. The van der Waals surface area contributed by atoms with Crippen molar-refractivity contribution in [2.75, 3.05) is 10.6 Å². The Morgan fingerprint density at radius 2 is 1.76 bits per heavy atom. The molecule has 29 heavy (non-hydrogen) atoms. The van der Waals surface area contributed by atoms with Crippen molar-refractivity contribution < 1.29 is 0 Å². The molecule has 4 aromatic rings. The van der Waals surface area contributed by atoms with Gasteiger partial charge in [0.15, 0.2) is 0 Å². The van der Waals surface area contributed by atoms with Crippen LogP contribution in [-0.2, 0) is 5.66 Å². The van der Waals surface area contributed by atoms with E-state index < -0.39 is 5.66 Å². The van der Waals surface area contributed by atoms with Gasteiger partial charge in [0.2, 0.25) is 5.95 Å². The van der Waals surface area contributed by atoms with Gasteiger partial charge < -0.3 is 15.6 Å². The smallest absolute Gasteiger partial charge is 0.224 e. The van der Waals surface area contributed by atoms with Gasteiger partial charge in [-0.25, -0.2) is 19.9 Å². The Hall–Kier alpha value is -3.16. The molecule has 1 aromatic carbocycles. The number of H-pyrrole nitrogens is 1. The summed E-state index contributed by atoms with van der Waals surface area (Å²) in [6, 6.07) is 10.9. The van der Waals surface area contributed by atoms with Gasteiger partial charge in [-0.3, -0.25) is 0 Å². The number of hydrogen-bond acceptors (Lipinski definition) is 6. The molecular weight excluding hydrogens is 409 g/mol. The van der Waals surface area contributed by atoms with Crippen molar-refractivity contribution in [1.82, 2.24) is 24.9 Å². The number of nitrogens with zero attached hydrogens (tertiary/aromatic N) is 4. The Labute approximate surface area is 177 Å². The average molecular weight is 426 g/mol. The molecule has 0 aliphatic rings. The molecule has 3 heterocycles. The van der Waals surface area contributed by atoms with Gasteiger partial charge in [0, 0.05) is 46.6 Å². The van der Waals surface area contributed by atoms with Crippen LogP contribution in [0.3, 0.4) is 0 Å². The summed E-state index contributed by atoms with van der Waals surface area (Å²) >= 11 is 12.6. The lowest BCUT2D eigenvalue weighted by Crippen LogP contribution is -2.41. The molecule has 3 N–H and O–H groups in total. The minimum Gasteiger partial charge on any atom is -0.345 e. The topological polar surface area (TPSA) is 91.4 Å². The van der Waals surface area contributed by atoms with Crippen LogP contribution in [0.2, 0.25) is 10.0 Å². The van der Waals surface area contributed by atoms with Gasteiger partial charge in [0.25, 0.3) is 0 Å². The molecule has 146 valence electrons. The number of rotatable bonds is 6. The molecule has 0 aliphatic heterocycles. The van der Waals surface area contributed by atoms with E-state index in [1.165, 1.54) is 0 Å². The summed E-state index contributed by atoms with van der Waals surface area (Å²) in [4.78, 5) is 20.4. The second kappa shape index (κ2) is 8.06. The van der Waals surface area contributed by atoms with E-state index in [-0.39, 0.29) is 0 Å². The zero-order chi connectivity index (χ0) is 20.3. The fourth-order valence-corrected chi connectivity index (χ4v) is 3.51. The SMILES string of the molecule is CC(Nc1ccccn1)(Nc1ncc(-c2ncc[nH]2)cn1)c1ccc(Cl)cc1Cl. The first-order valence-electron chi connectivity index (χ1n) is 8.78. The van der Waals surface area contributed by atoms with Crippen LogP contribution >= 0.6 is 23.2 Å². The van der Waals surface area contributed by atoms with Crippen molar-refractivity contribution in [2.24, 2.45) is 0 Å². The van der Waals surface area contributed by atoms with E-state index in [1.54, 1.807) is 43.1 Å². The van der Waals surface area contributed by atoms with E-state index in [2.05, 4.69) is 35.6 Å². The Bertz CT molecular complexity index is 1090. The number of imidazole rings is 1. The fraction of sp³-hybridized carbons (Fsp3) is 0.100. The predicted molar refractivity (Wildman–Crippen MR) is 115 cm³/mol. The van der Waals surface area contributed by atoms with Crippen molar-refractivity contribution >= 4 is 35.0 Å². The zero-order valence-electron chi connectivity index (χ0n) is 15.4. The first kappa shape index (κ1) is 19.2. The van der Waals surface area contributed by atoms with Gasteiger partial charge in [0.1, 0.15) is 17.3 Å². The highest BCUT2D eigenvalue weighted by molar-refractivity contribution is 6.35. The minimum absolute atomic E-state index is 0.414. The van der Waals surface area contributed by atoms with Crippen molar-refractivity contribution in [3.63, 3.8) is 0 Å². The second-order valence-electron chi connectivity index (χ2n) is 6.45. The maximum atomic E-state index is 6.50. The first-order chi connectivity index (χ1) is 14.0. The number of anilines is 2. The van der Waals surface area contributed by atoms with E-state index in [9.17, 15) is 0 Å². The molecule has 0 saturated carbocycles. The molecule has 7 nitrogen and oxygen atoms in total. The van der Waals surface area contributed by atoms with E-state index in [4.69, 9.17) is 23.2 Å². The molecule has 0 aliphatic carbocycles. The van der Waals surface area contributed by atoms with Gasteiger partial charge in [-0.15, -0.1) is 0 Å². The summed E-state index contributed by atoms with van der Waals surface area (Å²) in [5.41, 5.74) is 0.694. The highest BCUT2D eigenvalue weighted by atomic mass is 35.5. The first-order valence-corrected chi connectivity index (χ1v) is 9.54. The maximum absolute atomic E-state index is 6.50. The number of aromatic amines is 1. The van der Waals surface area contributed by atoms with Crippen LogP contribution in [0.4, 0.5) is 11.8 Å². The summed E-state index contributed by atoms with van der Waals surface area (Å²) in [5, 5.41) is 7.75. The average Bonchev–Trinajstić information content (AvgIpc) is 3.24. The summed E-state index contributed by atoms with van der Waals surface area (Å²) in [7, 11) is 0. The normalized spacial score (nSPS) is 12.9. The number of halogens is 2. The molecule has 1 unspecified atom stereocenters. The van der Waals surface area contributed by atoms with Crippen LogP contribution in [0.1, 0.15) is 12.5 Å². The van der Waals surface area contributed by atoms with Crippen molar-refractivity contribution in [3.8, 4) is 11.4 Å². The van der Waals surface area contributed by atoms with Crippen LogP contribution < -0.4 is 10.6 Å². The summed E-state index contributed by atoms with van der Waals surface area (Å²) in [5.74, 6) is 1.78. The van der Waals surface area contributed by atoms with Crippen LogP contribution in [-0.4, -0.2) is 24.9 Å². The molecule has 0 fully saturated rings. The number of hydrogen-bond donors (Lipinski definition) is 3. The third-order valence-electron chi connectivity index (χ3n) is 4.30. The van der Waals surface area contributed by atoms with Crippen molar-refractivity contribution in [1.29, 1.82) is 0 Å². The molecule has 3 aromatic heterocycles. The standard InChI is InChI=1S/C20H17Cl2N7/c1-20(28-17-4-2-3-7-23-17,15-6-5-14(21)10-16(15)22)29-19-26-11-13(12-27-19)18-24-8-9-25-18/h2-12H,1H3,(H,23,28)(H,24,25)(H,26,27,29). The summed E-state index contributed by atoms with van der Waals surface area (Å²) in [6.07, 6.45) is 8.52. The van der Waals surface area contributed by atoms with E-state index in [0.29, 0.717) is 27.6 Å². The van der Waals surface area contributed by atoms with E-state index in [0.717, 1.165) is 11.1 Å². The Balaban J connectivity index is 1.68. The number of benzene rings is 1. The lowest BCUT2D eigenvalue weighted by Gasteiger charge is -2.33. The molecule has 0 amide bonds. The lowest BCUT2D eigenvalue weighted by molar-refractivity contribution is 0.617. The zero-order valence-corrected chi connectivity index (χ0v) is 16.9. The van der Waals surface area contributed by atoms with Crippen LogP contribution in [0.15, 0.2) is 67.4 Å². The molecule has 0 saturated heterocycles. The van der Waals surface area contributed by atoms with Crippen molar-refractivity contribution in [2.45, 2.75) is 12.6 Å². The molecular formula is C20H17Cl2N7. The van der Waals surface area contributed by atoms with Crippen LogP contribution in [0.25, 0.3) is 11.4 Å². The molecule has 0 radical (unpaired) electrons. The third-order valence-corrected chi connectivity index (χ3v) is 4.85. The van der Waals surface area contributed by atoms with Gasteiger partial charge in [-0.1, -0.05) is 35.3 Å². The quantitative estimate of drug-likeness (QED) is 0.378. The van der Waals surface area contributed by atoms with Gasteiger partial charge in [-0.05, 0) is 31.2 Å². The lowest BCUT2D eigenvalue weighted by atomic mass is 10.0. The largest absolute Gasteiger partial charge is 0.345 e. The highest BCUT2D eigenvalue weighted by Gasteiger charge is 2.30. The molecule has 0 bridgehead atoms. The highest BCUT2D eigenvalue weighted by Crippen LogP contribution is 2.33. The van der Waals surface area contributed by atoms with E-state index in [1.807, 2.05) is 31.2 Å². The number of nitrogens with one attached hydrogen (secondary N) is 3. The number of pyridine rings is 1. The molecule has 0 spiro atoms.